The van der Waals surface area contributed by atoms with Crippen LogP contribution < -0.4 is 5.32 Å². The van der Waals surface area contributed by atoms with E-state index in [0.29, 0.717) is 5.82 Å². The first kappa shape index (κ1) is 14.5. The maximum Gasteiger partial charge on any atom is 0.337 e. The van der Waals surface area contributed by atoms with Crippen molar-refractivity contribution in [2.45, 2.75) is 0 Å². The number of aromatic nitrogens is 1. The van der Waals surface area contributed by atoms with Crippen LogP contribution in [0.15, 0.2) is 34.9 Å². The standard InChI is InChI=1S/C12H7BrClIN2O2/c13-8-2-1-7(4-10(8)15)17-11-9(14)3-6(5-16-11)12(18)19/h1-5H,(H,16,17)(H,18,19). The summed E-state index contributed by atoms with van der Waals surface area (Å²) >= 11 is 11.6. The van der Waals surface area contributed by atoms with Gasteiger partial charge in [-0.3, -0.25) is 0 Å². The molecule has 0 spiro atoms. The fourth-order valence-electron chi connectivity index (χ4n) is 1.36. The zero-order chi connectivity index (χ0) is 14.0. The monoisotopic (exact) mass is 452 g/mol. The van der Waals surface area contributed by atoms with Crippen LogP contribution in [0.3, 0.4) is 0 Å². The van der Waals surface area contributed by atoms with Gasteiger partial charge in [-0.05, 0) is 62.8 Å². The molecule has 0 fully saturated rings. The molecule has 0 aliphatic carbocycles. The van der Waals surface area contributed by atoms with E-state index in [4.69, 9.17) is 16.7 Å². The third kappa shape index (κ3) is 3.58. The minimum atomic E-state index is -1.06. The number of rotatable bonds is 3. The lowest BCUT2D eigenvalue weighted by molar-refractivity contribution is 0.0696. The van der Waals surface area contributed by atoms with Crippen molar-refractivity contribution >= 4 is 67.6 Å². The molecule has 7 heteroatoms. The molecule has 4 nitrogen and oxygen atoms in total. The van der Waals surface area contributed by atoms with Gasteiger partial charge in [0.2, 0.25) is 0 Å². The van der Waals surface area contributed by atoms with E-state index >= 15 is 0 Å². The molecule has 1 heterocycles. The molecule has 0 aliphatic rings. The highest BCUT2D eigenvalue weighted by Crippen LogP contribution is 2.27. The number of anilines is 2. The number of pyridine rings is 1. The summed E-state index contributed by atoms with van der Waals surface area (Å²) in [6.07, 6.45) is 1.26. The Labute approximate surface area is 136 Å². The SMILES string of the molecule is O=C(O)c1cnc(Nc2ccc(Br)c(I)c2)c(Cl)c1. The van der Waals surface area contributed by atoms with Crippen molar-refractivity contribution in [1.82, 2.24) is 4.98 Å². The molecule has 19 heavy (non-hydrogen) atoms. The van der Waals surface area contributed by atoms with Gasteiger partial charge in [0.05, 0.1) is 10.6 Å². The van der Waals surface area contributed by atoms with Crippen molar-refractivity contribution in [2.24, 2.45) is 0 Å². The molecule has 0 amide bonds. The Bertz CT molecular complexity index is 652. The summed E-state index contributed by atoms with van der Waals surface area (Å²) in [7, 11) is 0. The number of benzene rings is 1. The van der Waals surface area contributed by atoms with E-state index in [-0.39, 0.29) is 10.6 Å². The van der Waals surface area contributed by atoms with Gasteiger partial charge in [0.1, 0.15) is 5.82 Å². The number of carboxylic acids is 1. The zero-order valence-corrected chi connectivity index (χ0v) is 13.8. The topological polar surface area (TPSA) is 62.2 Å². The molecular formula is C12H7BrClIN2O2. The molecule has 1 aromatic heterocycles. The Balaban J connectivity index is 2.28. The molecule has 0 bridgehead atoms. The van der Waals surface area contributed by atoms with E-state index in [2.05, 4.69) is 48.8 Å². The van der Waals surface area contributed by atoms with Crippen LogP contribution in [0, 0.1) is 3.57 Å². The van der Waals surface area contributed by atoms with Gasteiger partial charge in [-0.1, -0.05) is 11.6 Å². The van der Waals surface area contributed by atoms with Gasteiger partial charge in [-0.15, -0.1) is 0 Å². The van der Waals surface area contributed by atoms with Gasteiger partial charge in [0.25, 0.3) is 0 Å². The highest BCUT2D eigenvalue weighted by Gasteiger charge is 2.09. The molecule has 0 aliphatic heterocycles. The molecular weight excluding hydrogens is 446 g/mol. The smallest absolute Gasteiger partial charge is 0.337 e. The molecule has 0 atom stereocenters. The van der Waals surface area contributed by atoms with E-state index < -0.39 is 5.97 Å². The average molecular weight is 453 g/mol. The Morgan fingerprint density at radius 2 is 2.16 bits per heavy atom. The normalized spacial score (nSPS) is 10.3. The fraction of sp³-hybridized carbons (Fsp3) is 0. The summed E-state index contributed by atoms with van der Waals surface area (Å²) in [5, 5.41) is 12.1. The van der Waals surface area contributed by atoms with E-state index in [1.165, 1.54) is 12.3 Å². The summed E-state index contributed by atoms with van der Waals surface area (Å²) in [5.41, 5.74) is 0.881. The quantitative estimate of drug-likeness (QED) is 0.670. The first-order valence-corrected chi connectivity index (χ1v) is 7.33. The van der Waals surface area contributed by atoms with Gasteiger partial charge in [0.15, 0.2) is 0 Å². The maximum atomic E-state index is 10.8. The van der Waals surface area contributed by atoms with Crippen molar-refractivity contribution in [3.05, 3.63) is 49.1 Å². The lowest BCUT2D eigenvalue weighted by Crippen LogP contribution is -2.00. The van der Waals surface area contributed by atoms with E-state index in [9.17, 15) is 4.79 Å². The number of nitrogens with one attached hydrogen (secondary N) is 1. The number of carboxylic acid groups (broad SMARTS) is 1. The van der Waals surface area contributed by atoms with Gasteiger partial charge in [0, 0.05) is 19.9 Å². The molecule has 2 rings (SSSR count). The average Bonchev–Trinajstić information content (AvgIpc) is 2.36. The van der Waals surface area contributed by atoms with Crippen LogP contribution in [-0.4, -0.2) is 16.1 Å². The van der Waals surface area contributed by atoms with Gasteiger partial charge < -0.3 is 10.4 Å². The lowest BCUT2D eigenvalue weighted by Gasteiger charge is -2.09. The van der Waals surface area contributed by atoms with Crippen LogP contribution in [0.5, 0.6) is 0 Å². The van der Waals surface area contributed by atoms with Crippen molar-refractivity contribution in [2.75, 3.05) is 5.32 Å². The minimum Gasteiger partial charge on any atom is -0.478 e. The molecule has 0 saturated heterocycles. The highest BCUT2D eigenvalue weighted by atomic mass is 127. The third-order valence-corrected chi connectivity index (χ3v) is 4.88. The first-order valence-electron chi connectivity index (χ1n) is 5.08. The minimum absolute atomic E-state index is 0.0564. The number of aromatic carboxylic acids is 1. The Hall–Kier alpha value is -0.860. The molecule has 1 aromatic carbocycles. The second kappa shape index (κ2) is 6.06. The fourth-order valence-corrected chi connectivity index (χ4v) is 2.33. The second-order valence-corrected chi connectivity index (χ2v) is 6.04. The van der Waals surface area contributed by atoms with Gasteiger partial charge in [-0.25, -0.2) is 9.78 Å². The Morgan fingerprint density at radius 1 is 1.42 bits per heavy atom. The van der Waals surface area contributed by atoms with Crippen LogP contribution in [0.1, 0.15) is 10.4 Å². The predicted octanol–water partition coefficient (Wildman–Crippen LogP) is 4.54. The van der Waals surface area contributed by atoms with Crippen LogP contribution in [0.2, 0.25) is 5.02 Å². The van der Waals surface area contributed by atoms with Crippen LogP contribution in [0.25, 0.3) is 0 Å². The first-order chi connectivity index (χ1) is 8.97. The van der Waals surface area contributed by atoms with Crippen LogP contribution in [-0.2, 0) is 0 Å². The summed E-state index contributed by atoms with van der Waals surface area (Å²) in [5.74, 6) is -0.635. The molecule has 98 valence electrons. The number of hydrogen-bond acceptors (Lipinski definition) is 3. The lowest BCUT2D eigenvalue weighted by atomic mass is 10.3. The zero-order valence-electron chi connectivity index (χ0n) is 9.32. The Morgan fingerprint density at radius 3 is 2.74 bits per heavy atom. The summed E-state index contributed by atoms with van der Waals surface area (Å²) in [6.45, 7) is 0. The number of halogens is 3. The van der Waals surface area contributed by atoms with E-state index in [1.807, 2.05) is 18.2 Å². The number of hydrogen-bond donors (Lipinski definition) is 2. The maximum absolute atomic E-state index is 10.8. The van der Waals surface area contributed by atoms with Crippen molar-refractivity contribution in [1.29, 1.82) is 0 Å². The predicted molar refractivity (Wildman–Crippen MR) is 86.3 cm³/mol. The van der Waals surface area contributed by atoms with Crippen molar-refractivity contribution < 1.29 is 9.90 Å². The molecule has 0 saturated carbocycles. The molecule has 0 radical (unpaired) electrons. The summed E-state index contributed by atoms with van der Waals surface area (Å²) in [4.78, 5) is 14.8. The largest absolute Gasteiger partial charge is 0.478 e. The number of nitrogens with zero attached hydrogens (tertiary/aromatic N) is 1. The Kier molecular flexibility index (Phi) is 4.64. The van der Waals surface area contributed by atoms with Gasteiger partial charge >= 0.3 is 5.97 Å². The van der Waals surface area contributed by atoms with E-state index in [0.717, 1.165) is 13.7 Å². The summed E-state index contributed by atoms with van der Waals surface area (Å²) in [6, 6.07) is 7.07. The molecule has 2 aromatic rings. The number of carbonyl (C=O) groups is 1. The highest BCUT2D eigenvalue weighted by molar-refractivity contribution is 14.1. The third-order valence-electron chi connectivity index (χ3n) is 2.27. The molecule has 2 N–H and O–H groups in total. The second-order valence-electron chi connectivity index (χ2n) is 3.61. The van der Waals surface area contributed by atoms with Crippen LogP contribution >= 0.6 is 50.1 Å². The van der Waals surface area contributed by atoms with Gasteiger partial charge in [-0.2, -0.15) is 0 Å². The summed E-state index contributed by atoms with van der Waals surface area (Å²) < 4.78 is 2.04. The van der Waals surface area contributed by atoms with Crippen LogP contribution in [0.4, 0.5) is 11.5 Å². The van der Waals surface area contributed by atoms with Crippen molar-refractivity contribution in [3.63, 3.8) is 0 Å². The van der Waals surface area contributed by atoms with Crippen molar-refractivity contribution in [3.8, 4) is 0 Å². The van der Waals surface area contributed by atoms with E-state index in [1.54, 1.807) is 0 Å². The molecule has 0 unspecified atom stereocenters.